The molecule has 6 nitrogen and oxygen atoms in total. The molecular formula is C9H21NO5S2. The van der Waals surface area contributed by atoms with Crippen LogP contribution in [0.25, 0.3) is 0 Å². The van der Waals surface area contributed by atoms with Gasteiger partial charge in [0.1, 0.15) is 0 Å². The highest BCUT2D eigenvalue weighted by Crippen LogP contribution is 2.10. The lowest BCUT2D eigenvalue weighted by Crippen LogP contribution is -2.33. The highest BCUT2D eigenvalue weighted by molar-refractivity contribution is 8.06. The maximum Gasteiger partial charge on any atom is 0.226 e. The molecule has 0 aliphatic carbocycles. The molecule has 0 bridgehead atoms. The molecule has 0 aromatic rings. The number of aliphatic hydroxyl groups excluding tert-OH is 1. The second-order valence-corrected chi connectivity index (χ2v) is 8.49. The number of hydrogen-bond acceptors (Lipinski definition) is 5. The van der Waals surface area contributed by atoms with Gasteiger partial charge < -0.3 is 5.11 Å². The Morgan fingerprint density at radius 3 is 2.18 bits per heavy atom. The lowest BCUT2D eigenvalue weighted by atomic mass is 10.0. The molecule has 0 fully saturated rings. The van der Waals surface area contributed by atoms with E-state index in [1.54, 1.807) is 0 Å². The van der Waals surface area contributed by atoms with Crippen LogP contribution in [-0.2, 0) is 19.9 Å². The van der Waals surface area contributed by atoms with Gasteiger partial charge in [-0.05, 0) is 18.8 Å². The summed E-state index contributed by atoms with van der Waals surface area (Å²) >= 11 is 0. The summed E-state index contributed by atoms with van der Waals surface area (Å²) in [4.78, 5) is 0. The van der Waals surface area contributed by atoms with Crippen molar-refractivity contribution in [2.45, 2.75) is 26.2 Å². The summed E-state index contributed by atoms with van der Waals surface area (Å²) in [6.45, 7) is 2.14. The van der Waals surface area contributed by atoms with E-state index in [-0.39, 0.29) is 19.1 Å². The SMILES string of the molecule is CCCC(CCO)CNS(=O)(=O)CS(C)(=O)=O. The number of nitrogens with one attached hydrogen (secondary N) is 1. The molecule has 0 aliphatic rings. The Balaban J connectivity index is 4.32. The fourth-order valence-electron chi connectivity index (χ4n) is 1.51. The van der Waals surface area contributed by atoms with Gasteiger partial charge in [0.05, 0.1) is 0 Å². The predicted octanol–water partition coefficient (Wildman–Crippen LogP) is -0.293. The van der Waals surface area contributed by atoms with Crippen LogP contribution in [0.5, 0.6) is 0 Å². The van der Waals surface area contributed by atoms with Crippen molar-refractivity contribution in [3.63, 3.8) is 0 Å². The Morgan fingerprint density at radius 1 is 1.18 bits per heavy atom. The van der Waals surface area contributed by atoms with Gasteiger partial charge in [-0.25, -0.2) is 21.6 Å². The van der Waals surface area contributed by atoms with Gasteiger partial charge in [0.15, 0.2) is 14.9 Å². The Morgan fingerprint density at radius 2 is 1.76 bits per heavy atom. The van der Waals surface area contributed by atoms with Gasteiger partial charge in [-0.3, -0.25) is 0 Å². The van der Waals surface area contributed by atoms with E-state index in [0.717, 1.165) is 19.1 Å². The summed E-state index contributed by atoms with van der Waals surface area (Å²) in [5, 5.41) is 7.92. The molecule has 0 amide bonds. The monoisotopic (exact) mass is 287 g/mol. The molecule has 0 aromatic heterocycles. The predicted molar refractivity (Wildman–Crippen MR) is 66.7 cm³/mol. The van der Waals surface area contributed by atoms with Crippen molar-refractivity contribution in [1.82, 2.24) is 4.72 Å². The van der Waals surface area contributed by atoms with Gasteiger partial charge in [-0.1, -0.05) is 13.3 Å². The summed E-state index contributed by atoms with van der Waals surface area (Å²) in [6.07, 6.45) is 3.07. The molecule has 0 aliphatic heterocycles. The van der Waals surface area contributed by atoms with Crippen molar-refractivity contribution in [3.05, 3.63) is 0 Å². The zero-order valence-corrected chi connectivity index (χ0v) is 11.8. The van der Waals surface area contributed by atoms with E-state index in [1.807, 2.05) is 6.92 Å². The van der Waals surface area contributed by atoms with Crippen molar-refractivity contribution in [2.75, 3.05) is 24.5 Å². The van der Waals surface area contributed by atoms with E-state index in [4.69, 9.17) is 5.11 Å². The zero-order valence-electron chi connectivity index (χ0n) is 10.2. The quantitative estimate of drug-likeness (QED) is 0.607. The Bertz CT molecular complexity index is 395. The molecule has 0 aromatic carbocycles. The molecule has 0 spiro atoms. The molecular weight excluding hydrogens is 266 g/mol. The molecule has 17 heavy (non-hydrogen) atoms. The second kappa shape index (κ2) is 7.30. The maximum atomic E-state index is 11.4. The molecule has 0 saturated carbocycles. The van der Waals surface area contributed by atoms with Crippen LogP contribution in [-0.4, -0.2) is 46.4 Å². The van der Waals surface area contributed by atoms with Gasteiger partial charge in [-0.2, -0.15) is 0 Å². The largest absolute Gasteiger partial charge is 0.396 e. The molecule has 0 saturated heterocycles. The van der Waals surface area contributed by atoms with Crippen LogP contribution in [0, 0.1) is 5.92 Å². The van der Waals surface area contributed by atoms with E-state index in [1.165, 1.54) is 0 Å². The van der Waals surface area contributed by atoms with E-state index >= 15 is 0 Å². The Kier molecular flexibility index (Phi) is 7.22. The second-order valence-electron chi connectivity index (χ2n) is 4.17. The summed E-state index contributed by atoms with van der Waals surface area (Å²) in [5.41, 5.74) is 0. The first-order chi connectivity index (χ1) is 7.70. The third-order valence-electron chi connectivity index (χ3n) is 2.20. The molecule has 0 radical (unpaired) electrons. The third-order valence-corrected chi connectivity index (χ3v) is 5.76. The van der Waals surface area contributed by atoms with Gasteiger partial charge in [0.2, 0.25) is 10.0 Å². The van der Waals surface area contributed by atoms with Gasteiger partial charge >= 0.3 is 0 Å². The topological polar surface area (TPSA) is 101 Å². The summed E-state index contributed by atoms with van der Waals surface area (Å²) < 4.78 is 46.8. The summed E-state index contributed by atoms with van der Waals surface area (Å²) in [5.74, 6) is 0.0411. The standard InChI is InChI=1S/C9H21NO5S2/c1-3-4-9(5-6-11)7-10-17(14,15)8-16(2,12)13/h9-11H,3-8H2,1-2H3. The highest BCUT2D eigenvalue weighted by atomic mass is 32.3. The molecule has 8 heteroatoms. The van der Waals surface area contributed by atoms with E-state index < -0.39 is 24.9 Å². The number of sulfonamides is 1. The van der Waals surface area contributed by atoms with Crippen LogP contribution in [0.4, 0.5) is 0 Å². The van der Waals surface area contributed by atoms with Crippen molar-refractivity contribution in [2.24, 2.45) is 5.92 Å². The number of aliphatic hydroxyl groups is 1. The van der Waals surface area contributed by atoms with Crippen LogP contribution in [0.15, 0.2) is 0 Å². The van der Waals surface area contributed by atoms with E-state index in [9.17, 15) is 16.8 Å². The molecule has 2 N–H and O–H groups in total. The lowest BCUT2D eigenvalue weighted by Gasteiger charge is -2.15. The molecule has 104 valence electrons. The first-order valence-corrected chi connectivity index (χ1v) is 9.17. The fraction of sp³-hybridized carbons (Fsp3) is 1.00. The number of hydrogen-bond donors (Lipinski definition) is 2. The highest BCUT2D eigenvalue weighted by Gasteiger charge is 2.19. The number of sulfone groups is 1. The van der Waals surface area contributed by atoms with Crippen molar-refractivity contribution in [1.29, 1.82) is 0 Å². The van der Waals surface area contributed by atoms with Crippen LogP contribution in [0.3, 0.4) is 0 Å². The maximum absolute atomic E-state index is 11.4. The molecule has 1 unspecified atom stereocenters. The van der Waals surface area contributed by atoms with Gasteiger partial charge in [-0.15, -0.1) is 0 Å². The first-order valence-electron chi connectivity index (χ1n) is 5.46. The lowest BCUT2D eigenvalue weighted by molar-refractivity contribution is 0.251. The third kappa shape index (κ3) is 9.51. The van der Waals surface area contributed by atoms with Crippen molar-refractivity contribution >= 4 is 19.9 Å². The summed E-state index contributed by atoms with van der Waals surface area (Å²) in [6, 6.07) is 0. The molecule has 0 rings (SSSR count). The average Bonchev–Trinajstić information content (AvgIpc) is 2.11. The van der Waals surface area contributed by atoms with Crippen LogP contribution in [0.2, 0.25) is 0 Å². The zero-order chi connectivity index (χ0) is 13.5. The minimum Gasteiger partial charge on any atom is -0.396 e. The smallest absolute Gasteiger partial charge is 0.226 e. The normalized spacial score (nSPS) is 14.8. The van der Waals surface area contributed by atoms with E-state index in [0.29, 0.717) is 6.42 Å². The molecule has 1 atom stereocenters. The Labute approximate surface area is 103 Å². The number of rotatable bonds is 9. The van der Waals surface area contributed by atoms with Gasteiger partial charge in [0, 0.05) is 19.4 Å². The van der Waals surface area contributed by atoms with Crippen LogP contribution < -0.4 is 4.72 Å². The van der Waals surface area contributed by atoms with Crippen molar-refractivity contribution in [3.8, 4) is 0 Å². The minimum absolute atomic E-state index is 0.00152. The van der Waals surface area contributed by atoms with Crippen molar-refractivity contribution < 1.29 is 21.9 Å². The first kappa shape index (κ1) is 16.8. The minimum atomic E-state index is -3.79. The summed E-state index contributed by atoms with van der Waals surface area (Å²) in [7, 11) is -7.34. The van der Waals surface area contributed by atoms with Crippen LogP contribution in [0.1, 0.15) is 26.2 Å². The molecule has 0 heterocycles. The van der Waals surface area contributed by atoms with Gasteiger partial charge in [0.25, 0.3) is 0 Å². The Hall–Kier alpha value is -0.180. The average molecular weight is 287 g/mol. The van der Waals surface area contributed by atoms with Crippen LogP contribution >= 0.6 is 0 Å². The van der Waals surface area contributed by atoms with E-state index in [2.05, 4.69) is 4.72 Å². The fourth-order valence-corrected chi connectivity index (χ4v) is 4.59.